The molecule has 1 fully saturated rings. The first-order chi connectivity index (χ1) is 10.9. The van der Waals surface area contributed by atoms with E-state index in [-0.39, 0.29) is 24.7 Å². The molecule has 1 N–H and O–H groups in total. The number of nitrogens with zero attached hydrogens (tertiary/aromatic N) is 1. The summed E-state index contributed by atoms with van der Waals surface area (Å²) in [6, 6.07) is 4.09. The Morgan fingerprint density at radius 3 is 2.61 bits per heavy atom. The highest BCUT2D eigenvalue weighted by Crippen LogP contribution is 2.25. The van der Waals surface area contributed by atoms with Crippen LogP contribution in [-0.4, -0.2) is 48.9 Å². The Bertz CT molecular complexity index is 616. The maximum Gasteiger partial charge on any atom is 0.308 e. The van der Waals surface area contributed by atoms with Crippen molar-refractivity contribution in [2.75, 3.05) is 20.2 Å². The molecule has 2 amide bonds. The maximum absolute atomic E-state index is 12.6. The summed E-state index contributed by atoms with van der Waals surface area (Å²) in [6.45, 7) is 0.646. The van der Waals surface area contributed by atoms with Crippen LogP contribution in [0.4, 0.5) is 0 Å². The minimum absolute atomic E-state index is 0.0382. The fourth-order valence-electron chi connectivity index (χ4n) is 2.41. The Labute approximate surface area is 143 Å². The average molecular weight is 359 g/mol. The number of carbonyl (C=O) groups excluding carboxylic acids is 3. The summed E-state index contributed by atoms with van der Waals surface area (Å²) >= 11 is 12.2. The highest BCUT2D eigenvalue weighted by molar-refractivity contribution is 6.36. The van der Waals surface area contributed by atoms with Crippen LogP contribution in [0.5, 0.6) is 0 Å². The zero-order valence-corrected chi connectivity index (χ0v) is 14.0. The largest absolute Gasteiger partial charge is 0.469 e. The third-order valence-corrected chi connectivity index (χ3v) is 4.34. The van der Waals surface area contributed by atoms with E-state index >= 15 is 0 Å². The van der Waals surface area contributed by atoms with Gasteiger partial charge >= 0.3 is 5.97 Å². The van der Waals surface area contributed by atoms with E-state index in [1.165, 1.54) is 12.0 Å². The number of methoxy groups -OCH3 is 1. The number of hydrogen-bond donors (Lipinski definition) is 1. The van der Waals surface area contributed by atoms with Crippen LogP contribution < -0.4 is 5.32 Å². The smallest absolute Gasteiger partial charge is 0.308 e. The minimum atomic E-state index is -0.884. The van der Waals surface area contributed by atoms with Crippen LogP contribution in [0.2, 0.25) is 10.0 Å². The van der Waals surface area contributed by atoms with Crippen LogP contribution in [0.3, 0.4) is 0 Å². The lowest BCUT2D eigenvalue weighted by Gasteiger charge is -2.34. The Morgan fingerprint density at radius 1 is 1.35 bits per heavy atom. The van der Waals surface area contributed by atoms with Gasteiger partial charge in [0.1, 0.15) is 6.04 Å². The van der Waals surface area contributed by atoms with Gasteiger partial charge in [-0.2, -0.15) is 0 Å². The summed E-state index contributed by atoms with van der Waals surface area (Å²) in [4.78, 5) is 37.4. The summed E-state index contributed by atoms with van der Waals surface area (Å²) in [6.07, 6.45) is -0.228. The van der Waals surface area contributed by atoms with Crippen molar-refractivity contribution >= 4 is 41.0 Å². The van der Waals surface area contributed by atoms with E-state index in [0.29, 0.717) is 28.7 Å². The van der Waals surface area contributed by atoms with Gasteiger partial charge in [-0.3, -0.25) is 14.4 Å². The predicted octanol–water partition coefficient (Wildman–Crippen LogP) is 1.43. The molecule has 0 aliphatic carbocycles. The summed E-state index contributed by atoms with van der Waals surface area (Å²) in [5, 5.41) is 3.41. The molecule has 8 heteroatoms. The molecule has 1 aliphatic heterocycles. The van der Waals surface area contributed by atoms with Crippen molar-refractivity contribution in [3.63, 3.8) is 0 Å². The highest BCUT2D eigenvalue weighted by Gasteiger charge is 2.35. The SMILES string of the molecule is COC(=O)C[C@@H]1C(=O)NCCN1C(=O)Cc1c(Cl)cccc1Cl. The Hall–Kier alpha value is -1.79. The summed E-state index contributed by atoms with van der Waals surface area (Å²) in [5.41, 5.74) is 0.503. The third-order valence-electron chi connectivity index (χ3n) is 3.63. The second-order valence-electron chi connectivity index (χ2n) is 5.05. The zero-order chi connectivity index (χ0) is 17.0. The van der Waals surface area contributed by atoms with Crippen molar-refractivity contribution in [1.29, 1.82) is 0 Å². The van der Waals surface area contributed by atoms with Gasteiger partial charge in [0.25, 0.3) is 0 Å². The van der Waals surface area contributed by atoms with Crippen molar-refractivity contribution in [3.8, 4) is 0 Å². The van der Waals surface area contributed by atoms with Gasteiger partial charge in [0.05, 0.1) is 20.0 Å². The Kier molecular flexibility index (Phi) is 5.85. The fraction of sp³-hybridized carbons (Fsp3) is 0.400. The molecule has 1 aromatic carbocycles. The molecule has 0 unspecified atom stereocenters. The van der Waals surface area contributed by atoms with Crippen LogP contribution >= 0.6 is 23.2 Å². The van der Waals surface area contributed by atoms with Gasteiger partial charge in [-0.05, 0) is 17.7 Å². The maximum atomic E-state index is 12.6. The molecule has 1 aromatic rings. The van der Waals surface area contributed by atoms with E-state index in [4.69, 9.17) is 23.2 Å². The van der Waals surface area contributed by atoms with Gasteiger partial charge in [-0.25, -0.2) is 0 Å². The van der Waals surface area contributed by atoms with Crippen molar-refractivity contribution in [2.45, 2.75) is 18.9 Å². The number of amides is 2. The number of ether oxygens (including phenoxy) is 1. The highest BCUT2D eigenvalue weighted by atomic mass is 35.5. The molecule has 23 heavy (non-hydrogen) atoms. The Balaban J connectivity index is 2.18. The van der Waals surface area contributed by atoms with E-state index in [0.717, 1.165) is 0 Å². The molecule has 124 valence electrons. The second-order valence-corrected chi connectivity index (χ2v) is 5.87. The van der Waals surface area contributed by atoms with Gasteiger partial charge in [-0.15, -0.1) is 0 Å². The lowest BCUT2D eigenvalue weighted by molar-refractivity contribution is -0.150. The molecule has 1 atom stereocenters. The van der Waals surface area contributed by atoms with Crippen molar-refractivity contribution in [1.82, 2.24) is 10.2 Å². The average Bonchev–Trinajstić information content (AvgIpc) is 2.52. The molecule has 6 nitrogen and oxygen atoms in total. The molecule has 1 saturated heterocycles. The van der Waals surface area contributed by atoms with E-state index < -0.39 is 12.0 Å². The van der Waals surface area contributed by atoms with Crippen LogP contribution in [0, 0.1) is 0 Å². The first kappa shape index (κ1) is 17.6. The van der Waals surface area contributed by atoms with Crippen LogP contribution in [0.25, 0.3) is 0 Å². The molecular formula is C15H16Cl2N2O4. The molecule has 1 heterocycles. The predicted molar refractivity (Wildman–Crippen MR) is 85.3 cm³/mol. The van der Waals surface area contributed by atoms with Gasteiger partial charge in [0.2, 0.25) is 11.8 Å². The first-order valence-electron chi connectivity index (χ1n) is 7.01. The number of benzene rings is 1. The number of esters is 1. The van der Waals surface area contributed by atoms with E-state index in [2.05, 4.69) is 10.1 Å². The molecule has 0 saturated carbocycles. The van der Waals surface area contributed by atoms with Crippen molar-refractivity contribution in [3.05, 3.63) is 33.8 Å². The van der Waals surface area contributed by atoms with Gasteiger partial charge in [-0.1, -0.05) is 29.3 Å². The quantitative estimate of drug-likeness (QED) is 0.826. The number of halogens is 2. The standard InChI is InChI=1S/C15H16Cl2N2O4/c1-23-14(21)8-12-15(22)18-5-6-19(12)13(20)7-9-10(16)3-2-4-11(9)17/h2-4,12H,5-8H2,1H3,(H,18,22)/t12-/m1/s1. The third kappa shape index (κ3) is 4.14. The Morgan fingerprint density at radius 2 is 2.00 bits per heavy atom. The lowest BCUT2D eigenvalue weighted by atomic mass is 10.1. The van der Waals surface area contributed by atoms with Crippen LogP contribution in [0.15, 0.2) is 18.2 Å². The minimum Gasteiger partial charge on any atom is -0.469 e. The van der Waals surface area contributed by atoms with E-state index in [1.807, 2.05) is 0 Å². The number of carbonyl (C=O) groups is 3. The zero-order valence-electron chi connectivity index (χ0n) is 12.5. The monoisotopic (exact) mass is 358 g/mol. The molecule has 1 aliphatic rings. The fourth-order valence-corrected chi connectivity index (χ4v) is 2.94. The van der Waals surface area contributed by atoms with Gasteiger partial charge in [0.15, 0.2) is 0 Å². The first-order valence-corrected chi connectivity index (χ1v) is 7.76. The summed E-state index contributed by atoms with van der Waals surface area (Å²) in [7, 11) is 1.23. The molecule has 0 spiro atoms. The molecule has 0 radical (unpaired) electrons. The van der Waals surface area contributed by atoms with E-state index in [1.54, 1.807) is 18.2 Å². The number of piperazine rings is 1. The number of nitrogens with one attached hydrogen (secondary N) is 1. The summed E-state index contributed by atoms with van der Waals surface area (Å²) < 4.78 is 4.59. The van der Waals surface area contributed by atoms with Crippen molar-refractivity contribution < 1.29 is 19.1 Å². The second kappa shape index (κ2) is 7.66. The van der Waals surface area contributed by atoms with Gasteiger partial charge in [0, 0.05) is 23.1 Å². The topological polar surface area (TPSA) is 75.7 Å². The summed E-state index contributed by atoms with van der Waals surface area (Å²) in [5.74, 6) is -1.25. The molecular weight excluding hydrogens is 343 g/mol. The van der Waals surface area contributed by atoms with Crippen LogP contribution in [0.1, 0.15) is 12.0 Å². The van der Waals surface area contributed by atoms with Crippen LogP contribution in [-0.2, 0) is 25.5 Å². The van der Waals surface area contributed by atoms with E-state index in [9.17, 15) is 14.4 Å². The lowest BCUT2D eigenvalue weighted by Crippen LogP contribution is -2.58. The van der Waals surface area contributed by atoms with Crippen molar-refractivity contribution in [2.24, 2.45) is 0 Å². The van der Waals surface area contributed by atoms with Gasteiger partial charge < -0.3 is 15.0 Å². The number of hydrogen-bond acceptors (Lipinski definition) is 4. The molecule has 0 aromatic heterocycles. The molecule has 0 bridgehead atoms. The molecule has 2 rings (SSSR count). The normalized spacial score (nSPS) is 17.6. The number of rotatable bonds is 4.